The fourth-order valence-electron chi connectivity index (χ4n) is 0.869. The molecule has 0 aliphatic carbocycles. The summed E-state index contributed by atoms with van der Waals surface area (Å²) in [6.07, 6.45) is 1.95. The second kappa shape index (κ2) is 3.88. The van der Waals surface area contributed by atoms with Gasteiger partial charge in [0.1, 0.15) is 0 Å². The SMILES string of the molecule is CCNCc1nn(C)cc1Br. The second-order valence-corrected chi connectivity index (χ2v) is 3.23. The van der Waals surface area contributed by atoms with E-state index >= 15 is 0 Å². The molecule has 0 unspecified atom stereocenters. The van der Waals surface area contributed by atoms with E-state index < -0.39 is 0 Å². The number of nitrogens with one attached hydrogen (secondary N) is 1. The van der Waals surface area contributed by atoms with Gasteiger partial charge in [0.15, 0.2) is 0 Å². The normalized spacial score (nSPS) is 10.5. The van der Waals surface area contributed by atoms with Gasteiger partial charge in [-0.2, -0.15) is 5.10 Å². The van der Waals surface area contributed by atoms with E-state index in [-0.39, 0.29) is 0 Å². The van der Waals surface area contributed by atoms with Crippen LogP contribution in [0.15, 0.2) is 10.7 Å². The van der Waals surface area contributed by atoms with Crippen molar-refractivity contribution in [3.05, 3.63) is 16.4 Å². The van der Waals surface area contributed by atoms with Gasteiger partial charge < -0.3 is 5.32 Å². The van der Waals surface area contributed by atoms with Gasteiger partial charge in [0, 0.05) is 19.8 Å². The van der Waals surface area contributed by atoms with Gasteiger partial charge in [0.25, 0.3) is 0 Å². The van der Waals surface area contributed by atoms with Crippen molar-refractivity contribution in [2.45, 2.75) is 13.5 Å². The molecule has 0 bridgehead atoms. The van der Waals surface area contributed by atoms with Gasteiger partial charge in [-0.25, -0.2) is 0 Å². The first-order valence-corrected chi connectivity index (χ1v) is 4.42. The molecular formula is C7H12BrN3. The van der Waals surface area contributed by atoms with Gasteiger partial charge >= 0.3 is 0 Å². The molecule has 1 heterocycles. The lowest BCUT2D eigenvalue weighted by molar-refractivity contribution is 0.676. The Labute approximate surface area is 74.9 Å². The molecule has 0 atom stereocenters. The van der Waals surface area contributed by atoms with E-state index in [0.717, 1.165) is 23.3 Å². The van der Waals surface area contributed by atoms with Crippen LogP contribution in [0.3, 0.4) is 0 Å². The van der Waals surface area contributed by atoms with E-state index in [0.29, 0.717) is 0 Å². The van der Waals surface area contributed by atoms with Crippen LogP contribution in [-0.4, -0.2) is 16.3 Å². The van der Waals surface area contributed by atoms with Crippen molar-refractivity contribution in [2.75, 3.05) is 6.54 Å². The standard InChI is InChI=1S/C7H12BrN3/c1-3-9-4-7-6(8)5-11(2)10-7/h5,9H,3-4H2,1-2H3. The molecule has 0 aliphatic rings. The summed E-state index contributed by atoms with van der Waals surface area (Å²) in [5.41, 5.74) is 1.06. The highest BCUT2D eigenvalue weighted by atomic mass is 79.9. The molecule has 4 heteroatoms. The minimum absolute atomic E-state index is 0.831. The lowest BCUT2D eigenvalue weighted by Gasteiger charge is -1.96. The van der Waals surface area contributed by atoms with Crippen LogP contribution in [0.1, 0.15) is 12.6 Å². The third-order valence-electron chi connectivity index (χ3n) is 1.40. The van der Waals surface area contributed by atoms with Gasteiger partial charge in [-0.05, 0) is 22.5 Å². The average Bonchev–Trinajstić information content (AvgIpc) is 2.26. The van der Waals surface area contributed by atoms with Crippen LogP contribution in [0.4, 0.5) is 0 Å². The average molecular weight is 218 g/mol. The first kappa shape index (κ1) is 8.74. The van der Waals surface area contributed by atoms with E-state index in [4.69, 9.17) is 0 Å². The van der Waals surface area contributed by atoms with Crippen LogP contribution in [-0.2, 0) is 13.6 Å². The van der Waals surface area contributed by atoms with E-state index in [1.54, 1.807) is 4.68 Å². The van der Waals surface area contributed by atoms with Crippen LogP contribution in [0.25, 0.3) is 0 Å². The number of hydrogen-bond donors (Lipinski definition) is 1. The maximum atomic E-state index is 4.26. The molecule has 0 aromatic carbocycles. The summed E-state index contributed by atoms with van der Waals surface area (Å²) in [4.78, 5) is 0. The number of rotatable bonds is 3. The zero-order chi connectivity index (χ0) is 8.27. The lowest BCUT2D eigenvalue weighted by Crippen LogP contribution is -2.12. The minimum Gasteiger partial charge on any atom is -0.311 e. The molecule has 0 spiro atoms. The van der Waals surface area contributed by atoms with Gasteiger partial charge in [0.2, 0.25) is 0 Å². The molecule has 11 heavy (non-hydrogen) atoms. The van der Waals surface area contributed by atoms with Crippen molar-refractivity contribution in [1.29, 1.82) is 0 Å². The van der Waals surface area contributed by atoms with Crippen molar-refractivity contribution in [3.63, 3.8) is 0 Å². The highest BCUT2D eigenvalue weighted by molar-refractivity contribution is 9.10. The molecule has 0 amide bonds. The Hall–Kier alpha value is -0.350. The summed E-state index contributed by atoms with van der Waals surface area (Å²) >= 11 is 3.42. The maximum Gasteiger partial charge on any atom is 0.0904 e. The number of hydrogen-bond acceptors (Lipinski definition) is 2. The monoisotopic (exact) mass is 217 g/mol. The third-order valence-corrected chi connectivity index (χ3v) is 2.06. The molecule has 3 nitrogen and oxygen atoms in total. The topological polar surface area (TPSA) is 29.9 Å². The Morgan fingerprint density at radius 1 is 1.73 bits per heavy atom. The molecule has 0 radical (unpaired) electrons. The summed E-state index contributed by atoms with van der Waals surface area (Å²) < 4.78 is 2.87. The number of nitrogens with zero attached hydrogens (tertiary/aromatic N) is 2. The molecule has 1 aromatic rings. The lowest BCUT2D eigenvalue weighted by atomic mass is 10.4. The highest BCUT2D eigenvalue weighted by Crippen LogP contribution is 2.13. The van der Waals surface area contributed by atoms with Gasteiger partial charge in [-0.1, -0.05) is 6.92 Å². The van der Waals surface area contributed by atoms with E-state index in [2.05, 4.69) is 33.3 Å². The van der Waals surface area contributed by atoms with E-state index in [1.807, 2.05) is 13.2 Å². The van der Waals surface area contributed by atoms with Gasteiger partial charge in [-0.15, -0.1) is 0 Å². The first-order valence-electron chi connectivity index (χ1n) is 3.62. The Bertz CT molecular complexity index is 232. The fourth-order valence-corrected chi connectivity index (χ4v) is 1.38. The highest BCUT2D eigenvalue weighted by Gasteiger charge is 2.02. The third kappa shape index (κ3) is 2.31. The molecule has 0 saturated carbocycles. The van der Waals surface area contributed by atoms with Crippen molar-refractivity contribution >= 4 is 15.9 Å². The zero-order valence-corrected chi connectivity index (χ0v) is 8.35. The Morgan fingerprint density at radius 2 is 2.45 bits per heavy atom. The summed E-state index contributed by atoms with van der Waals surface area (Å²) in [6.45, 7) is 3.89. The van der Waals surface area contributed by atoms with Gasteiger partial charge in [0.05, 0.1) is 10.2 Å². The van der Waals surface area contributed by atoms with E-state index in [1.165, 1.54) is 0 Å². The first-order chi connectivity index (χ1) is 5.24. The molecular weight excluding hydrogens is 206 g/mol. The maximum absolute atomic E-state index is 4.26. The van der Waals surface area contributed by atoms with Crippen LogP contribution in [0.2, 0.25) is 0 Å². The Morgan fingerprint density at radius 3 is 2.91 bits per heavy atom. The largest absolute Gasteiger partial charge is 0.311 e. The smallest absolute Gasteiger partial charge is 0.0904 e. The summed E-state index contributed by atoms with van der Waals surface area (Å²) in [7, 11) is 1.92. The van der Waals surface area contributed by atoms with Crippen LogP contribution >= 0.6 is 15.9 Å². The predicted octanol–water partition coefficient (Wildman–Crippen LogP) is 1.29. The Balaban J connectivity index is 2.62. The van der Waals surface area contributed by atoms with Crippen molar-refractivity contribution in [3.8, 4) is 0 Å². The van der Waals surface area contributed by atoms with Crippen molar-refractivity contribution < 1.29 is 0 Å². The molecule has 1 rings (SSSR count). The van der Waals surface area contributed by atoms with Crippen LogP contribution < -0.4 is 5.32 Å². The van der Waals surface area contributed by atoms with Gasteiger partial charge in [-0.3, -0.25) is 4.68 Å². The predicted molar refractivity (Wildman–Crippen MR) is 48.3 cm³/mol. The summed E-state index contributed by atoms with van der Waals surface area (Å²) in [5.74, 6) is 0. The molecule has 0 saturated heterocycles. The molecule has 0 aliphatic heterocycles. The quantitative estimate of drug-likeness (QED) is 0.828. The fraction of sp³-hybridized carbons (Fsp3) is 0.571. The summed E-state index contributed by atoms with van der Waals surface area (Å²) in [5, 5.41) is 7.47. The minimum atomic E-state index is 0.831. The number of halogens is 1. The summed E-state index contributed by atoms with van der Waals surface area (Å²) in [6, 6.07) is 0. The van der Waals surface area contributed by atoms with Crippen LogP contribution in [0.5, 0.6) is 0 Å². The van der Waals surface area contributed by atoms with E-state index in [9.17, 15) is 0 Å². The van der Waals surface area contributed by atoms with Crippen molar-refractivity contribution in [2.24, 2.45) is 7.05 Å². The second-order valence-electron chi connectivity index (χ2n) is 2.38. The molecule has 1 aromatic heterocycles. The molecule has 62 valence electrons. The van der Waals surface area contributed by atoms with Crippen molar-refractivity contribution in [1.82, 2.24) is 15.1 Å². The molecule has 1 N–H and O–H groups in total. The zero-order valence-electron chi connectivity index (χ0n) is 6.76. The number of aromatic nitrogens is 2. The van der Waals surface area contributed by atoms with Crippen LogP contribution in [0, 0.1) is 0 Å². The molecule has 0 fully saturated rings. The Kier molecular flexibility index (Phi) is 3.08. The number of aryl methyl sites for hydroxylation is 1.